The van der Waals surface area contributed by atoms with Crippen LogP contribution >= 0.6 is 0 Å². The molecule has 0 bridgehead atoms. The van der Waals surface area contributed by atoms with E-state index in [1.807, 2.05) is 0 Å². The highest BCUT2D eigenvalue weighted by Gasteiger charge is 2.29. The topological polar surface area (TPSA) is 27.7 Å². The van der Waals surface area contributed by atoms with E-state index in [-0.39, 0.29) is 0 Å². The molecule has 0 aromatic heterocycles. The Morgan fingerprint density at radius 1 is 1.11 bits per heavy atom. The van der Waals surface area contributed by atoms with Crippen molar-refractivity contribution in [3.8, 4) is 11.5 Å². The standard InChI is InChI=1S/C13H17F3O3/c1-4-10(19-8-13(14,15)16)9-5-6-11(17-2)12(7-9)18-3/h5-7,10H,4,8H2,1-3H3. The zero-order valence-electron chi connectivity index (χ0n) is 11.1. The Balaban J connectivity index is 2.86. The summed E-state index contributed by atoms with van der Waals surface area (Å²) < 4.78 is 51.6. The number of alkyl halides is 3. The molecule has 1 aromatic carbocycles. The lowest BCUT2D eigenvalue weighted by Gasteiger charge is -2.19. The maximum Gasteiger partial charge on any atom is 0.411 e. The van der Waals surface area contributed by atoms with Crippen molar-refractivity contribution in [2.45, 2.75) is 25.6 Å². The van der Waals surface area contributed by atoms with Gasteiger partial charge in [0.15, 0.2) is 11.5 Å². The summed E-state index contributed by atoms with van der Waals surface area (Å²) in [6.07, 6.45) is -4.52. The van der Waals surface area contributed by atoms with E-state index in [2.05, 4.69) is 0 Å². The van der Waals surface area contributed by atoms with Crippen molar-refractivity contribution in [2.24, 2.45) is 0 Å². The molecule has 108 valence electrons. The van der Waals surface area contributed by atoms with Gasteiger partial charge in [0, 0.05) is 0 Å². The van der Waals surface area contributed by atoms with Gasteiger partial charge in [-0.1, -0.05) is 13.0 Å². The van der Waals surface area contributed by atoms with Gasteiger partial charge < -0.3 is 14.2 Å². The molecule has 1 aromatic rings. The molecule has 0 amide bonds. The van der Waals surface area contributed by atoms with Crippen LogP contribution in [0.5, 0.6) is 11.5 Å². The normalized spacial score (nSPS) is 13.2. The van der Waals surface area contributed by atoms with E-state index >= 15 is 0 Å². The number of ether oxygens (including phenoxy) is 3. The molecule has 0 heterocycles. The van der Waals surface area contributed by atoms with Gasteiger partial charge in [-0.3, -0.25) is 0 Å². The fourth-order valence-electron chi connectivity index (χ4n) is 1.70. The van der Waals surface area contributed by atoms with Crippen LogP contribution in [0.15, 0.2) is 18.2 Å². The Bertz CT molecular complexity index is 405. The van der Waals surface area contributed by atoms with E-state index in [0.29, 0.717) is 23.5 Å². The van der Waals surface area contributed by atoms with Crippen LogP contribution in [0.1, 0.15) is 25.0 Å². The highest BCUT2D eigenvalue weighted by molar-refractivity contribution is 5.43. The Labute approximate surface area is 110 Å². The van der Waals surface area contributed by atoms with Crippen molar-refractivity contribution >= 4 is 0 Å². The lowest BCUT2D eigenvalue weighted by atomic mass is 10.1. The lowest BCUT2D eigenvalue weighted by Crippen LogP contribution is -2.19. The van der Waals surface area contributed by atoms with E-state index < -0.39 is 18.9 Å². The smallest absolute Gasteiger partial charge is 0.411 e. The summed E-state index contributed by atoms with van der Waals surface area (Å²) in [5, 5.41) is 0. The van der Waals surface area contributed by atoms with Crippen LogP contribution in [0.3, 0.4) is 0 Å². The molecule has 1 atom stereocenters. The first-order valence-corrected chi connectivity index (χ1v) is 5.81. The molecule has 19 heavy (non-hydrogen) atoms. The first-order valence-electron chi connectivity index (χ1n) is 5.81. The average Bonchev–Trinajstić information content (AvgIpc) is 2.37. The van der Waals surface area contributed by atoms with E-state index in [0.717, 1.165) is 0 Å². The van der Waals surface area contributed by atoms with Crippen LogP contribution in [0, 0.1) is 0 Å². The van der Waals surface area contributed by atoms with Crippen LogP contribution in [0.25, 0.3) is 0 Å². The van der Waals surface area contributed by atoms with E-state index in [1.54, 1.807) is 25.1 Å². The van der Waals surface area contributed by atoms with Gasteiger partial charge in [0.05, 0.1) is 20.3 Å². The summed E-state index contributed by atoms with van der Waals surface area (Å²) in [7, 11) is 2.97. The molecule has 1 unspecified atom stereocenters. The second kappa shape index (κ2) is 6.65. The minimum atomic E-state index is -4.33. The predicted molar refractivity (Wildman–Crippen MR) is 64.6 cm³/mol. The molecule has 0 aliphatic rings. The fourth-order valence-corrected chi connectivity index (χ4v) is 1.70. The molecular formula is C13H17F3O3. The van der Waals surface area contributed by atoms with E-state index in [9.17, 15) is 13.2 Å². The third-order valence-corrected chi connectivity index (χ3v) is 2.60. The van der Waals surface area contributed by atoms with Gasteiger partial charge in [-0.2, -0.15) is 13.2 Å². The Morgan fingerprint density at radius 2 is 1.74 bits per heavy atom. The molecule has 0 aliphatic heterocycles. The third-order valence-electron chi connectivity index (χ3n) is 2.60. The Morgan fingerprint density at radius 3 is 2.21 bits per heavy atom. The Kier molecular flexibility index (Phi) is 5.47. The molecule has 0 aliphatic carbocycles. The van der Waals surface area contributed by atoms with Crippen LogP contribution in [0.2, 0.25) is 0 Å². The first kappa shape index (κ1) is 15.6. The summed E-state index contributed by atoms with van der Waals surface area (Å²) in [4.78, 5) is 0. The van der Waals surface area contributed by atoms with E-state index in [1.165, 1.54) is 14.2 Å². The number of benzene rings is 1. The van der Waals surface area contributed by atoms with Gasteiger partial charge in [-0.05, 0) is 24.1 Å². The van der Waals surface area contributed by atoms with Crippen LogP contribution in [-0.4, -0.2) is 27.0 Å². The van der Waals surface area contributed by atoms with Crippen LogP contribution in [0.4, 0.5) is 13.2 Å². The number of hydrogen-bond donors (Lipinski definition) is 0. The lowest BCUT2D eigenvalue weighted by molar-refractivity contribution is -0.186. The average molecular weight is 278 g/mol. The van der Waals surface area contributed by atoms with Crippen LogP contribution in [-0.2, 0) is 4.74 Å². The maximum absolute atomic E-state index is 12.2. The molecule has 0 radical (unpaired) electrons. The second-order valence-corrected chi connectivity index (χ2v) is 3.94. The molecule has 0 saturated heterocycles. The second-order valence-electron chi connectivity index (χ2n) is 3.94. The minimum Gasteiger partial charge on any atom is -0.493 e. The molecule has 0 spiro atoms. The van der Waals surface area contributed by atoms with Gasteiger partial charge in [0.25, 0.3) is 0 Å². The molecule has 3 nitrogen and oxygen atoms in total. The number of methoxy groups -OCH3 is 2. The largest absolute Gasteiger partial charge is 0.493 e. The maximum atomic E-state index is 12.2. The van der Waals surface area contributed by atoms with Gasteiger partial charge in [0.1, 0.15) is 6.61 Å². The van der Waals surface area contributed by atoms with Crippen molar-refractivity contribution in [1.82, 2.24) is 0 Å². The zero-order chi connectivity index (χ0) is 14.5. The minimum absolute atomic E-state index is 0.436. The molecule has 1 rings (SSSR count). The molecular weight excluding hydrogens is 261 g/mol. The summed E-state index contributed by atoms with van der Waals surface area (Å²) in [5.74, 6) is 0.992. The summed E-state index contributed by atoms with van der Waals surface area (Å²) >= 11 is 0. The van der Waals surface area contributed by atoms with Gasteiger partial charge in [0.2, 0.25) is 0 Å². The molecule has 0 N–H and O–H groups in total. The number of rotatable bonds is 6. The van der Waals surface area contributed by atoms with Crippen molar-refractivity contribution in [3.05, 3.63) is 23.8 Å². The van der Waals surface area contributed by atoms with Gasteiger partial charge >= 0.3 is 6.18 Å². The highest BCUT2D eigenvalue weighted by atomic mass is 19.4. The quantitative estimate of drug-likeness (QED) is 0.793. The number of hydrogen-bond acceptors (Lipinski definition) is 3. The molecule has 0 saturated carbocycles. The van der Waals surface area contributed by atoms with E-state index in [4.69, 9.17) is 14.2 Å². The van der Waals surface area contributed by atoms with Crippen molar-refractivity contribution in [2.75, 3.05) is 20.8 Å². The van der Waals surface area contributed by atoms with Crippen molar-refractivity contribution in [3.63, 3.8) is 0 Å². The monoisotopic (exact) mass is 278 g/mol. The summed E-state index contributed by atoms with van der Waals surface area (Å²) in [6, 6.07) is 4.95. The fraction of sp³-hybridized carbons (Fsp3) is 0.538. The van der Waals surface area contributed by atoms with Crippen molar-refractivity contribution < 1.29 is 27.4 Å². The zero-order valence-corrected chi connectivity index (χ0v) is 11.1. The SMILES string of the molecule is CCC(OCC(F)(F)F)c1ccc(OC)c(OC)c1. The Hall–Kier alpha value is -1.43. The molecule has 0 fully saturated rings. The van der Waals surface area contributed by atoms with Gasteiger partial charge in [-0.25, -0.2) is 0 Å². The highest BCUT2D eigenvalue weighted by Crippen LogP contribution is 2.33. The van der Waals surface area contributed by atoms with Gasteiger partial charge in [-0.15, -0.1) is 0 Å². The van der Waals surface area contributed by atoms with Crippen LogP contribution < -0.4 is 9.47 Å². The summed E-state index contributed by atoms with van der Waals surface area (Å²) in [6.45, 7) is 0.498. The third kappa shape index (κ3) is 4.63. The van der Waals surface area contributed by atoms with Crippen molar-refractivity contribution in [1.29, 1.82) is 0 Å². The first-order chi connectivity index (χ1) is 8.91. The number of halogens is 3. The summed E-state index contributed by atoms with van der Waals surface area (Å²) in [5.41, 5.74) is 0.629. The molecule has 6 heteroatoms. The predicted octanol–water partition coefficient (Wildman–Crippen LogP) is 3.73.